The predicted molar refractivity (Wildman–Crippen MR) is 51.2 cm³/mol. The Morgan fingerprint density at radius 3 is 3.00 bits per heavy atom. The van der Waals surface area contributed by atoms with E-state index in [1.165, 1.54) is 0 Å². The fraction of sp³-hybridized carbons (Fsp3) is 0.375. The summed E-state index contributed by atoms with van der Waals surface area (Å²) in [5, 5.41) is 0. The molecule has 12 heavy (non-hydrogen) atoms. The van der Waals surface area contributed by atoms with Crippen LogP contribution in [0.15, 0.2) is 22.9 Å². The maximum Gasteiger partial charge on any atom is 0.108 e. The van der Waals surface area contributed by atoms with E-state index in [0.717, 1.165) is 10.3 Å². The van der Waals surface area contributed by atoms with Crippen molar-refractivity contribution in [2.24, 2.45) is 0 Å². The second-order valence-electron chi connectivity index (χ2n) is 2.45. The van der Waals surface area contributed by atoms with Crippen molar-refractivity contribution < 1.29 is 4.39 Å². The molecule has 0 atom stereocenters. The standard InChI is InChI=1S/C8H10BrFN2/c1-12(5-3-10)7-2-4-11-8(9)6-7/h2,4,6H,3,5H2,1H3. The van der Waals surface area contributed by atoms with Gasteiger partial charge >= 0.3 is 0 Å². The third-order valence-electron chi connectivity index (χ3n) is 1.57. The first-order chi connectivity index (χ1) is 5.74. The molecule has 0 unspecified atom stereocenters. The molecule has 0 aliphatic rings. The van der Waals surface area contributed by atoms with Crippen molar-refractivity contribution in [2.45, 2.75) is 0 Å². The number of halogens is 2. The van der Waals surface area contributed by atoms with Crippen LogP contribution in [0.3, 0.4) is 0 Å². The Kier molecular flexibility index (Phi) is 3.47. The molecule has 0 radical (unpaired) electrons. The number of hydrogen-bond donors (Lipinski definition) is 0. The summed E-state index contributed by atoms with van der Waals surface area (Å²) in [5.74, 6) is 0. The monoisotopic (exact) mass is 232 g/mol. The third kappa shape index (κ3) is 2.44. The molecule has 0 spiro atoms. The summed E-state index contributed by atoms with van der Waals surface area (Å²) in [7, 11) is 1.85. The van der Waals surface area contributed by atoms with Gasteiger partial charge in [-0.25, -0.2) is 9.37 Å². The van der Waals surface area contributed by atoms with Crippen LogP contribution in [-0.4, -0.2) is 25.3 Å². The third-order valence-corrected chi connectivity index (χ3v) is 2.00. The summed E-state index contributed by atoms with van der Waals surface area (Å²) >= 11 is 3.25. The fourth-order valence-electron chi connectivity index (χ4n) is 0.886. The van der Waals surface area contributed by atoms with Crippen molar-refractivity contribution >= 4 is 21.6 Å². The maximum absolute atomic E-state index is 12.0. The van der Waals surface area contributed by atoms with Crippen LogP contribution >= 0.6 is 15.9 Å². The van der Waals surface area contributed by atoms with Gasteiger partial charge in [0.1, 0.15) is 11.3 Å². The van der Waals surface area contributed by atoms with Gasteiger partial charge in [-0.3, -0.25) is 0 Å². The molecule has 1 aromatic rings. The van der Waals surface area contributed by atoms with Gasteiger partial charge in [0, 0.05) is 25.5 Å². The summed E-state index contributed by atoms with van der Waals surface area (Å²) in [4.78, 5) is 5.82. The van der Waals surface area contributed by atoms with Crippen molar-refractivity contribution in [1.82, 2.24) is 4.98 Å². The van der Waals surface area contributed by atoms with Crippen LogP contribution in [0.2, 0.25) is 0 Å². The Morgan fingerprint density at radius 2 is 2.42 bits per heavy atom. The molecule has 1 heterocycles. The minimum Gasteiger partial charge on any atom is -0.372 e. The lowest BCUT2D eigenvalue weighted by atomic mass is 10.4. The molecule has 0 amide bonds. The average molecular weight is 233 g/mol. The Balaban J connectivity index is 2.73. The Labute approximate surface area is 79.5 Å². The normalized spacial score (nSPS) is 9.92. The van der Waals surface area contributed by atoms with E-state index in [1.54, 1.807) is 6.20 Å². The molecule has 0 aliphatic carbocycles. The second kappa shape index (κ2) is 4.40. The molecular weight excluding hydrogens is 223 g/mol. The summed E-state index contributed by atoms with van der Waals surface area (Å²) in [6.45, 7) is 0.0763. The van der Waals surface area contributed by atoms with E-state index in [0.29, 0.717) is 6.54 Å². The first-order valence-corrected chi connectivity index (χ1v) is 4.42. The van der Waals surface area contributed by atoms with E-state index in [1.807, 2.05) is 24.1 Å². The molecule has 1 aromatic heterocycles. The number of rotatable bonds is 3. The van der Waals surface area contributed by atoms with Gasteiger partial charge in [0.25, 0.3) is 0 Å². The maximum atomic E-state index is 12.0. The minimum absolute atomic E-state index is 0.337. The smallest absolute Gasteiger partial charge is 0.108 e. The van der Waals surface area contributed by atoms with Crippen LogP contribution < -0.4 is 4.90 Å². The molecule has 2 nitrogen and oxygen atoms in total. The Morgan fingerprint density at radius 1 is 1.67 bits per heavy atom. The van der Waals surface area contributed by atoms with E-state index in [9.17, 15) is 4.39 Å². The van der Waals surface area contributed by atoms with Crippen LogP contribution in [0, 0.1) is 0 Å². The summed E-state index contributed by atoms with van der Waals surface area (Å²) in [5.41, 5.74) is 0.967. The van der Waals surface area contributed by atoms with Gasteiger partial charge in [-0.15, -0.1) is 0 Å². The van der Waals surface area contributed by atoms with Gasteiger partial charge in [0.15, 0.2) is 0 Å². The molecular formula is C8H10BrFN2. The highest BCUT2D eigenvalue weighted by Gasteiger charge is 1.99. The molecule has 0 aromatic carbocycles. The van der Waals surface area contributed by atoms with E-state index >= 15 is 0 Å². The van der Waals surface area contributed by atoms with Crippen molar-refractivity contribution in [1.29, 1.82) is 0 Å². The zero-order valence-electron chi connectivity index (χ0n) is 6.80. The highest BCUT2D eigenvalue weighted by atomic mass is 79.9. The SMILES string of the molecule is CN(CCF)c1ccnc(Br)c1. The second-order valence-corrected chi connectivity index (χ2v) is 3.26. The Bertz CT molecular complexity index is 255. The highest BCUT2D eigenvalue weighted by Crippen LogP contribution is 2.15. The molecule has 0 bridgehead atoms. The number of anilines is 1. The molecule has 1 rings (SSSR count). The summed E-state index contributed by atoms with van der Waals surface area (Å²) in [6.07, 6.45) is 1.69. The van der Waals surface area contributed by atoms with E-state index in [-0.39, 0.29) is 6.67 Å². The lowest BCUT2D eigenvalue weighted by molar-refractivity contribution is 0.497. The zero-order valence-corrected chi connectivity index (χ0v) is 8.38. The van der Waals surface area contributed by atoms with Crippen LogP contribution in [0.25, 0.3) is 0 Å². The van der Waals surface area contributed by atoms with Crippen LogP contribution in [0.5, 0.6) is 0 Å². The Hall–Kier alpha value is -0.640. The molecule has 0 saturated heterocycles. The van der Waals surface area contributed by atoms with Crippen molar-refractivity contribution in [2.75, 3.05) is 25.2 Å². The molecule has 66 valence electrons. The van der Waals surface area contributed by atoms with Crippen LogP contribution in [0.1, 0.15) is 0 Å². The van der Waals surface area contributed by atoms with Crippen LogP contribution in [-0.2, 0) is 0 Å². The number of nitrogens with zero attached hydrogens (tertiary/aromatic N) is 2. The van der Waals surface area contributed by atoms with Gasteiger partial charge in [-0.05, 0) is 28.1 Å². The first-order valence-electron chi connectivity index (χ1n) is 3.62. The van der Waals surface area contributed by atoms with Gasteiger partial charge in [0.05, 0.1) is 0 Å². The fourth-order valence-corrected chi connectivity index (χ4v) is 1.24. The van der Waals surface area contributed by atoms with Crippen molar-refractivity contribution in [3.05, 3.63) is 22.9 Å². The molecule has 0 saturated carbocycles. The quantitative estimate of drug-likeness (QED) is 0.744. The number of hydrogen-bond acceptors (Lipinski definition) is 2. The number of aromatic nitrogens is 1. The molecule has 0 N–H and O–H groups in total. The lowest BCUT2D eigenvalue weighted by Crippen LogP contribution is -2.19. The summed E-state index contributed by atoms with van der Waals surface area (Å²) in [6, 6.07) is 3.70. The van der Waals surface area contributed by atoms with Gasteiger partial charge < -0.3 is 4.90 Å². The van der Waals surface area contributed by atoms with Crippen molar-refractivity contribution in [3.63, 3.8) is 0 Å². The average Bonchev–Trinajstić information content (AvgIpc) is 2.05. The molecule has 0 fully saturated rings. The largest absolute Gasteiger partial charge is 0.372 e. The topological polar surface area (TPSA) is 16.1 Å². The molecule has 0 aliphatic heterocycles. The predicted octanol–water partition coefficient (Wildman–Crippen LogP) is 2.25. The van der Waals surface area contributed by atoms with E-state index in [4.69, 9.17) is 0 Å². The van der Waals surface area contributed by atoms with Crippen LogP contribution in [0.4, 0.5) is 10.1 Å². The van der Waals surface area contributed by atoms with Gasteiger partial charge in [0.2, 0.25) is 0 Å². The zero-order chi connectivity index (χ0) is 8.97. The van der Waals surface area contributed by atoms with E-state index in [2.05, 4.69) is 20.9 Å². The number of alkyl halides is 1. The summed E-state index contributed by atoms with van der Waals surface area (Å²) < 4.78 is 12.7. The van der Waals surface area contributed by atoms with Gasteiger partial charge in [-0.2, -0.15) is 0 Å². The minimum atomic E-state index is -0.337. The van der Waals surface area contributed by atoms with Gasteiger partial charge in [-0.1, -0.05) is 0 Å². The highest BCUT2D eigenvalue weighted by molar-refractivity contribution is 9.10. The first kappa shape index (κ1) is 9.45. The lowest BCUT2D eigenvalue weighted by Gasteiger charge is -2.16. The number of pyridine rings is 1. The van der Waals surface area contributed by atoms with E-state index < -0.39 is 0 Å². The molecule has 4 heteroatoms. The van der Waals surface area contributed by atoms with Crippen molar-refractivity contribution in [3.8, 4) is 0 Å².